The van der Waals surface area contributed by atoms with Crippen molar-refractivity contribution in [2.45, 2.75) is 68.7 Å². The van der Waals surface area contributed by atoms with E-state index in [0.717, 1.165) is 84.6 Å². The Kier molecular flexibility index (Phi) is 14.4. The van der Waals surface area contributed by atoms with E-state index in [1.165, 1.54) is 5.21 Å². The number of likely N-dealkylation sites (tertiary alicyclic amines) is 1. The number of benzene rings is 3. The normalized spacial score (nSPS) is 14.5. The van der Waals surface area contributed by atoms with Gasteiger partial charge < -0.3 is 14.7 Å². The van der Waals surface area contributed by atoms with Crippen LogP contribution >= 0.6 is 11.6 Å². The number of β-amino-alcohol motifs (C(OH)–C–C–N with tert-alkyl or cyclic N) is 1. The predicted octanol–water partition coefficient (Wildman–Crippen LogP) is 7.81. The van der Waals surface area contributed by atoms with E-state index in [1.807, 2.05) is 24.3 Å². The molecule has 1 fully saturated rings. The number of rotatable bonds is 18. The summed E-state index contributed by atoms with van der Waals surface area (Å²) in [5.74, 6) is 2.07. The molecular formula is C40H48AsClN4O4. The van der Waals surface area contributed by atoms with Gasteiger partial charge in [0.15, 0.2) is 0 Å². The van der Waals surface area contributed by atoms with Crippen LogP contribution in [0.25, 0.3) is 11.1 Å². The van der Waals surface area contributed by atoms with Gasteiger partial charge in [0.05, 0.1) is 12.7 Å². The third-order valence-electron chi connectivity index (χ3n) is 8.82. The predicted molar refractivity (Wildman–Crippen MR) is 201 cm³/mol. The third-order valence-corrected chi connectivity index (χ3v) is 11.7. The van der Waals surface area contributed by atoms with Crippen molar-refractivity contribution in [1.82, 2.24) is 15.2 Å². The Balaban J connectivity index is 1.25. The fourth-order valence-electron chi connectivity index (χ4n) is 6.05. The number of hydrogen-bond acceptors (Lipinski definition) is 8. The monoisotopic (exact) mass is 758 g/mol. The molecule has 2 heterocycles. The number of halogens is 1. The molecule has 0 bridgehead atoms. The molecule has 1 saturated heterocycles. The van der Waals surface area contributed by atoms with E-state index in [4.69, 9.17) is 25.8 Å². The Labute approximate surface area is 306 Å². The number of aliphatic hydroxyl groups excluding tert-OH is 1. The molecule has 1 aliphatic rings. The van der Waals surface area contributed by atoms with Crippen LogP contribution in [-0.4, -0.2) is 68.5 Å². The Morgan fingerprint density at radius 1 is 1.00 bits per heavy atom. The molecule has 5 rings (SSSR count). The summed E-state index contributed by atoms with van der Waals surface area (Å²) in [5.41, 5.74) is 11.4. The van der Waals surface area contributed by atoms with E-state index >= 15 is 0 Å². The zero-order chi connectivity index (χ0) is 35.3. The van der Waals surface area contributed by atoms with E-state index < -0.39 is 14.7 Å². The first-order valence-electron chi connectivity index (χ1n) is 17.3. The summed E-state index contributed by atoms with van der Waals surface area (Å²) in [4.78, 5) is 6.46. The molecule has 8 nitrogen and oxygen atoms in total. The SMILES string of the molecule is Cc1c(COc2cc(OCc3cncc(C#N)c3)c(CNCCC[As](C)C)cc2Cl)cccc1-c1cccc(OCCCN2CCC(O)C2)c1. The summed E-state index contributed by atoms with van der Waals surface area (Å²) in [6.07, 6.45) is 5.99. The van der Waals surface area contributed by atoms with Gasteiger partial charge in [-0.1, -0.05) is 30.3 Å². The van der Waals surface area contributed by atoms with E-state index in [2.05, 4.69) is 69.9 Å². The second-order valence-corrected chi connectivity index (χ2v) is 18.9. The van der Waals surface area contributed by atoms with Gasteiger partial charge in [0.1, 0.15) is 11.8 Å². The molecule has 0 radical (unpaired) electrons. The number of ether oxygens (including phenoxy) is 3. The largest absolute Gasteiger partial charge is 0.494 e. The maximum atomic E-state index is 9.76. The number of nitrogens with zero attached hydrogens (tertiary/aromatic N) is 3. The van der Waals surface area contributed by atoms with Crippen molar-refractivity contribution in [2.24, 2.45) is 0 Å². The van der Waals surface area contributed by atoms with Gasteiger partial charge in [-0.05, 0) is 48.6 Å². The summed E-state index contributed by atoms with van der Waals surface area (Å²) in [6, 6.07) is 22.2. The fraction of sp³-hybridized carbons (Fsp3) is 0.400. The summed E-state index contributed by atoms with van der Waals surface area (Å²) < 4.78 is 18.8. The van der Waals surface area contributed by atoms with Crippen LogP contribution in [0.2, 0.25) is 21.7 Å². The van der Waals surface area contributed by atoms with Gasteiger partial charge >= 0.3 is 159 Å². The molecule has 1 atom stereocenters. The minimum atomic E-state index is -0.644. The van der Waals surface area contributed by atoms with Gasteiger partial charge in [-0.25, -0.2) is 0 Å². The van der Waals surface area contributed by atoms with Crippen molar-refractivity contribution in [3.8, 4) is 34.4 Å². The molecule has 0 spiro atoms. The van der Waals surface area contributed by atoms with Gasteiger partial charge in [-0.3, -0.25) is 0 Å². The van der Waals surface area contributed by atoms with Gasteiger partial charge in [0.25, 0.3) is 0 Å². The number of nitriles is 1. The minimum Gasteiger partial charge on any atom is -0.494 e. The Morgan fingerprint density at radius 2 is 1.84 bits per heavy atom. The van der Waals surface area contributed by atoms with Crippen LogP contribution in [0.15, 0.2) is 73.1 Å². The number of hydrogen-bond donors (Lipinski definition) is 2. The van der Waals surface area contributed by atoms with Crippen molar-refractivity contribution < 1.29 is 19.3 Å². The molecular weight excluding hydrogens is 711 g/mol. The first-order chi connectivity index (χ1) is 24.3. The molecule has 10 heteroatoms. The molecule has 4 aromatic rings. The number of aromatic nitrogens is 1. The molecule has 1 aliphatic heterocycles. The quantitative estimate of drug-likeness (QED) is 0.0784. The minimum absolute atomic E-state index is 0.193. The van der Waals surface area contributed by atoms with Crippen LogP contribution < -0.4 is 19.5 Å². The smallest absolute Gasteiger partial charge is 0.119 e. The maximum absolute atomic E-state index is 9.76. The van der Waals surface area contributed by atoms with Crippen LogP contribution in [0, 0.1) is 18.3 Å². The second kappa shape index (κ2) is 19.2. The fourth-order valence-corrected chi connectivity index (χ4v) is 7.95. The van der Waals surface area contributed by atoms with Crippen molar-refractivity contribution in [3.63, 3.8) is 0 Å². The van der Waals surface area contributed by atoms with Crippen LogP contribution in [0.1, 0.15) is 47.1 Å². The van der Waals surface area contributed by atoms with Gasteiger partial charge in [0, 0.05) is 25.8 Å². The average Bonchev–Trinajstić information content (AvgIpc) is 3.54. The van der Waals surface area contributed by atoms with Gasteiger partial charge in [0.2, 0.25) is 0 Å². The first kappa shape index (κ1) is 37.7. The van der Waals surface area contributed by atoms with Gasteiger partial charge in [-0.2, -0.15) is 5.26 Å². The van der Waals surface area contributed by atoms with Crippen LogP contribution in [-0.2, 0) is 19.8 Å². The summed E-state index contributed by atoms with van der Waals surface area (Å²) >= 11 is 6.17. The van der Waals surface area contributed by atoms with E-state index in [1.54, 1.807) is 18.5 Å². The van der Waals surface area contributed by atoms with E-state index in [9.17, 15) is 10.4 Å². The van der Waals surface area contributed by atoms with Crippen molar-refractivity contribution >= 4 is 26.3 Å². The molecule has 3 aromatic carbocycles. The molecule has 2 N–H and O–H groups in total. The summed E-state index contributed by atoms with van der Waals surface area (Å²) in [6.45, 7) is 7.56. The molecule has 50 heavy (non-hydrogen) atoms. The summed E-state index contributed by atoms with van der Waals surface area (Å²) in [5, 5.41) is 24.4. The molecule has 0 aliphatic carbocycles. The van der Waals surface area contributed by atoms with Crippen molar-refractivity contribution in [2.75, 3.05) is 32.8 Å². The zero-order valence-electron chi connectivity index (χ0n) is 29.3. The van der Waals surface area contributed by atoms with Gasteiger partial charge in [-0.15, -0.1) is 0 Å². The molecule has 1 aromatic heterocycles. The van der Waals surface area contributed by atoms with E-state index in [0.29, 0.717) is 41.8 Å². The molecule has 0 saturated carbocycles. The van der Waals surface area contributed by atoms with Crippen LogP contribution in [0.3, 0.4) is 0 Å². The Bertz CT molecular complexity index is 1750. The Morgan fingerprint density at radius 3 is 2.64 bits per heavy atom. The number of nitrogens with one attached hydrogen (secondary N) is 1. The third kappa shape index (κ3) is 11.2. The van der Waals surface area contributed by atoms with Crippen molar-refractivity contribution in [1.29, 1.82) is 5.26 Å². The molecule has 264 valence electrons. The number of aliphatic hydroxyl groups is 1. The van der Waals surface area contributed by atoms with Crippen LogP contribution in [0.5, 0.6) is 17.2 Å². The Hall–Kier alpha value is -3.57. The first-order valence-corrected chi connectivity index (χ1v) is 22.7. The average molecular weight is 759 g/mol. The second-order valence-electron chi connectivity index (χ2n) is 13.1. The molecule has 0 amide bonds. The van der Waals surface area contributed by atoms with Crippen LogP contribution in [0.4, 0.5) is 0 Å². The zero-order valence-corrected chi connectivity index (χ0v) is 32.0. The topological polar surface area (TPSA) is 99.9 Å². The molecule has 1 unspecified atom stereocenters. The maximum Gasteiger partial charge on any atom is 0.119 e. The number of pyridine rings is 1. The van der Waals surface area contributed by atoms with Crippen molar-refractivity contribution in [3.05, 3.63) is 106 Å². The standard InChI is InChI=1S/C40H48AsClN4O4/c1-29-33(9-5-11-37(29)32-8-4-10-36(19-32)48-17-7-15-46-16-12-35(47)26-46)28-50-40-21-39(49-27-31-18-30(22-43)23-45-24-31)34(20-38(40)42)25-44-14-6-13-41(2)3/h4-5,8-11,18-21,23-24,35,44,47H,6-7,12-17,25-28H2,1-3H3. The van der Waals surface area contributed by atoms with E-state index in [-0.39, 0.29) is 12.7 Å². The summed E-state index contributed by atoms with van der Waals surface area (Å²) in [7, 11) is 0.